The summed E-state index contributed by atoms with van der Waals surface area (Å²) in [5.74, 6) is -6.00. The van der Waals surface area contributed by atoms with Crippen molar-refractivity contribution in [2.24, 2.45) is 0 Å². The Labute approximate surface area is 138 Å². The number of phenolic OH excluding ortho intramolecular Hbond substituents is 1. The number of halogens is 3. The van der Waals surface area contributed by atoms with E-state index in [1.807, 2.05) is 0 Å². The highest BCUT2D eigenvalue weighted by Gasteiger charge is 2.17. The summed E-state index contributed by atoms with van der Waals surface area (Å²) in [4.78, 5) is 23.3. The number of aliphatic carboxylic acids is 1. The van der Waals surface area contributed by atoms with Gasteiger partial charge in [0.25, 0.3) is 5.56 Å². The van der Waals surface area contributed by atoms with Crippen LogP contribution >= 0.6 is 0 Å². The van der Waals surface area contributed by atoms with Gasteiger partial charge >= 0.3 is 5.97 Å². The Hall–Kier alpha value is -3.29. The van der Waals surface area contributed by atoms with Crippen molar-refractivity contribution in [1.82, 2.24) is 4.57 Å². The highest BCUT2D eigenvalue weighted by atomic mass is 19.2. The van der Waals surface area contributed by atoms with Gasteiger partial charge in [-0.3, -0.25) is 9.59 Å². The maximum absolute atomic E-state index is 13.6. The second-order valence-electron chi connectivity index (χ2n) is 5.35. The monoisotopic (exact) mass is 349 g/mol. The van der Waals surface area contributed by atoms with Gasteiger partial charge in [-0.25, -0.2) is 13.2 Å². The van der Waals surface area contributed by atoms with E-state index in [0.29, 0.717) is 0 Å². The summed E-state index contributed by atoms with van der Waals surface area (Å²) >= 11 is 0. The van der Waals surface area contributed by atoms with Gasteiger partial charge in [0.1, 0.15) is 12.3 Å². The van der Waals surface area contributed by atoms with Crippen LogP contribution in [0.2, 0.25) is 0 Å². The van der Waals surface area contributed by atoms with E-state index in [4.69, 9.17) is 5.11 Å². The fourth-order valence-corrected chi connectivity index (χ4v) is 2.58. The highest BCUT2D eigenvalue weighted by molar-refractivity contribution is 5.96. The number of nitrogens with zero attached hydrogens (tertiary/aromatic N) is 1. The first-order valence-electron chi connectivity index (χ1n) is 7.01. The number of carboxylic acids is 1. The lowest BCUT2D eigenvalue weighted by molar-refractivity contribution is -0.137. The van der Waals surface area contributed by atoms with Crippen LogP contribution in [0.5, 0.6) is 5.75 Å². The van der Waals surface area contributed by atoms with Crippen LogP contribution in [0.4, 0.5) is 13.2 Å². The van der Waals surface area contributed by atoms with Gasteiger partial charge in [0, 0.05) is 22.5 Å². The fourth-order valence-electron chi connectivity index (χ4n) is 2.58. The van der Waals surface area contributed by atoms with E-state index in [-0.39, 0.29) is 27.6 Å². The van der Waals surface area contributed by atoms with E-state index in [9.17, 15) is 27.9 Å². The second-order valence-corrected chi connectivity index (χ2v) is 5.35. The number of fused-ring (bicyclic) bond motifs is 1. The molecule has 0 aliphatic heterocycles. The molecule has 0 spiro atoms. The summed E-state index contributed by atoms with van der Waals surface area (Å²) in [6, 6.07) is 5.16. The Bertz CT molecular complexity index is 1050. The molecule has 1 aromatic heterocycles. The van der Waals surface area contributed by atoms with Crippen molar-refractivity contribution in [3.63, 3.8) is 0 Å². The van der Waals surface area contributed by atoms with Crippen molar-refractivity contribution in [1.29, 1.82) is 0 Å². The van der Waals surface area contributed by atoms with Crippen molar-refractivity contribution >= 4 is 16.7 Å². The molecule has 0 aliphatic carbocycles. The Kier molecular flexibility index (Phi) is 3.96. The topological polar surface area (TPSA) is 79.5 Å². The zero-order valence-corrected chi connectivity index (χ0v) is 12.5. The molecule has 0 aliphatic rings. The zero-order chi connectivity index (χ0) is 18.3. The summed E-state index contributed by atoms with van der Waals surface area (Å²) in [7, 11) is 0. The zero-order valence-electron chi connectivity index (χ0n) is 12.5. The number of benzene rings is 2. The molecule has 128 valence electrons. The normalized spacial score (nSPS) is 11.0. The van der Waals surface area contributed by atoms with Crippen LogP contribution < -0.4 is 5.56 Å². The van der Waals surface area contributed by atoms with Crippen LogP contribution in [-0.4, -0.2) is 20.7 Å². The minimum atomic E-state index is -1.64. The van der Waals surface area contributed by atoms with Gasteiger partial charge in [-0.1, -0.05) is 0 Å². The van der Waals surface area contributed by atoms with Gasteiger partial charge in [0.15, 0.2) is 17.5 Å². The molecule has 0 saturated carbocycles. The van der Waals surface area contributed by atoms with Crippen LogP contribution in [0.25, 0.3) is 21.9 Å². The summed E-state index contributed by atoms with van der Waals surface area (Å²) in [6.45, 7) is -0.672. The molecule has 2 aromatic carbocycles. The van der Waals surface area contributed by atoms with Crippen LogP contribution in [0, 0.1) is 17.5 Å². The summed E-state index contributed by atoms with van der Waals surface area (Å²) < 4.78 is 41.2. The molecular formula is C17H10F3NO4. The standard InChI is InChI=1S/C17H10F3NO4/c18-13-3-8(4-14(19)16(13)20)12-6-21(7-15(23)24)17(25)10-2-1-9(22)5-11(10)12/h1-6,22H,7H2,(H,23,24). The third-order valence-corrected chi connectivity index (χ3v) is 3.67. The molecule has 0 saturated heterocycles. The number of hydrogen-bond acceptors (Lipinski definition) is 3. The molecule has 0 radical (unpaired) electrons. The van der Waals surface area contributed by atoms with Gasteiger partial charge < -0.3 is 14.8 Å². The van der Waals surface area contributed by atoms with Crippen molar-refractivity contribution < 1.29 is 28.2 Å². The van der Waals surface area contributed by atoms with Crippen LogP contribution in [0.3, 0.4) is 0 Å². The van der Waals surface area contributed by atoms with E-state index < -0.39 is 35.5 Å². The van der Waals surface area contributed by atoms with E-state index in [2.05, 4.69) is 0 Å². The number of carboxylic acid groups (broad SMARTS) is 1. The molecule has 0 bridgehead atoms. The molecule has 1 heterocycles. The third-order valence-electron chi connectivity index (χ3n) is 3.67. The van der Waals surface area contributed by atoms with Gasteiger partial charge in [0.05, 0.1) is 0 Å². The van der Waals surface area contributed by atoms with Crippen molar-refractivity contribution in [3.05, 3.63) is 64.3 Å². The molecule has 3 aromatic rings. The molecule has 8 heteroatoms. The molecule has 3 rings (SSSR count). The number of aromatic nitrogens is 1. The largest absolute Gasteiger partial charge is 0.508 e. The number of rotatable bonds is 3. The summed E-state index contributed by atoms with van der Waals surface area (Å²) in [6.07, 6.45) is 1.10. The Morgan fingerprint density at radius 2 is 1.68 bits per heavy atom. The van der Waals surface area contributed by atoms with Gasteiger partial charge in [-0.15, -0.1) is 0 Å². The third kappa shape index (κ3) is 2.93. The predicted octanol–water partition coefficient (Wildman–Crippen LogP) is 2.88. The van der Waals surface area contributed by atoms with E-state index in [0.717, 1.165) is 22.9 Å². The lowest BCUT2D eigenvalue weighted by Crippen LogP contribution is -2.24. The number of carbonyl (C=O) groups is 1. The number of pyridine rings is 1. The average Bonchev–Trinajstić information content (AvgIpc) is 2.54. The van der Waals surface area contributed by atoms with Crippen LogP contribution in [-0.2, 0) is 11.3 Å². The van der Waals surface area contributed by atoms with Crippen molar-refractivity contribution in [2.45, 2.75) is 6.54 Å². The minimum absolute atomic E-state index is 0.0432. The minimum Gasteiger partial charge on any atom is -0.508 e. The van der Waals surface area contributed by atoms with Gasteiger partial charge in [-0.05, 0) is 35.9 Å². The van der Waals surface area contributed by atoms with Crippen molar-refractivity contribution in [2.75, 3.05) is 0 Å². The lowest BCUT2D eigenvalue weighted by atomic mass is 10.00. The first-order valence-corrected chi connectivity index (χ1v) is 7.01. The number of hydrogen-bond donors (Lipinski definition) is 2. The predicted molar refractivity (Wildman–Crippen MR) is 82.8 cm³/mol. The average molecular weight is 349 g/mol. The first kappa shape index (κ1) is 16.6. The van der Waals surface area contributed by atoms with E-state index in [1.54, 1.807) is 0 Å². The Morgan fingerprint density at radius 3 is 2.28 bits per heavy atom. The fraction of sp³-hybridized carbons (Fsp3) is 0.0588. The molecule has 25 heavy (non-hydrogen) atoms. The van der Waals surface area contributed by atoms with E-state index in [1.165, 1.54) is 18.2 Å². The quantitative estimate of drug-likeness (QED) is 0.713. The highest BCUT2D eigenvalue weighted by Crippen LogP contribution is 2.31. The molecule has 2 N–H and O–H groups in total. The maximum atomic E-state index is 13.6. The van der Waals surface area contributed by atoms with E-state index >= 15 is 0 Å². The second kappa shape index (κ2) is 5.97. The van der Waals surface area contributed by atoms with Gasteiger partial charge in [0.2, 0.25) is 0 Å². The lowest BCUT2D eigenvalue weighted by Gasteiger charge is -2.12. The van der Waals surface area contributed by atoms with Crippen LogP contribution in [0.15, 0.2) is 41.3 Å². The number of aromatic hydroxyl groups is 1. The molecular weight excluding hydrogens is 339 g/mol. The molecule has 0 amide bonds. The smallest absolute Gasteiger partial charge is 0.323 e. The molecule has 0 unspecified atom stereocenters. The van der Waals surface area contributed by atoms with Crippen molar-refractivity contribution in [3.8, 4) is 16.9 Å². The molecule has 0 atom stereocenters. The first-order chi connectivity index (χ1) is 11.8. The number of phenols is 1. The van der Waals surface area contributed by atoms with Gasteiger partial charge in [-0.2, -0.15) is 0 Å². The molecule has 0 fully saturated rings. The maximum Gasteiger partial charge on any atom is 0.323 e. The Morgan fingerprint density at radius 1 is 1.04 bits per heavy atom. The SMILES string of the molecule is O=C(O)Cn1cc(-c2cc(F)c(F)c(F)c2)c2cc(O)ccc2c1=O. The Balaban J connectivity index is 2.40. The summed E-state index contributed by atoms with van der Waals surface area (Å²) in [5, 5.41) is 18.8. The van der Waals surface area contributed by atoms with Crippen LogP contribution in [0.1, 0.15) is 0 Å². The molecule has 5 nitrogen and oxygen atoms in total. The summed E-state index contributed by atoms with van der Waals surface area (Å²) in [5.41, 5.74) is -0.681.